The van der Waals surface area contributed by atoms with Gasteiger partial charge in [-0.05, 0) is 33.2 Å². The van der Waals surface area contributed by atoms with E-state index in [0.29, 0.717) is 19.5 Å². The summed E-state index contributed by atoms with van der Waals surface area (Å²) in [7, 11) is 0. The Hall–Kier alpha value is -0.450. The molecule has 0 aliphatic carbocycles. The molecule has 0 aliphatic rings. The van der Waals surface area contributed by atoms with Crippen LogP contribution in [0.25, 0.3) is 0 Å². The van der Waals surface area contributed by atoms with Gasteiger partial charge in [0.25, 0.3) is 0 Å². The van der Waals surface area contributed by atoms with Crippen molar-refractivity contribution >= 4 is 5.78 Å². The average Bonchev–Trinajstić information content (AvgIpc) is 2.54. The fourth-order valence-electron chi connectivity index (χ4n) is 3.70. The van der Waals surface area contributed by atoms with Crippen LogP contribution < -0.4 is 0 Å². The van der Waals surface area contributed by atoms with Gasteiger partial charge in [-0.15, -0.1) is 0 Å². The second-order valence-electron chi connectivity index (χ2n) is 9.13. The predicted octanol–water partition coefficient (Wildman–Crippen LogP) is 4.96. The number of hydrogen-bond acceptors (Lipinski definition) is 4. The van der Waals surface area contributed by atoms with Crippen molar-refractivity contribution in [1.29, 1.82) is 0 Å². The van der Waals surface area contributed by atoms with Crippen molar-refractivity contribution < 1.29 is 15.0 Å². The smallest absolute Gasteiger partial charge is 0.152 e. The van der Waals surface area contributed by atoms with E-state index in [1.54, 1.807) is 13.8 Å². The first kappa shape index (κ1) is 26.6. The molecule has 0 aromatic carbocycles. The van der Waals surface area contributed by atoms with Crippen molar-refractivity contribution in [3.05, 3.63) is 0 Å². The van der Waals surface area contributed by atoms with Gasteiger partial charge >= 0.3 is 0 Å². The topological polar surface area (TPSA) is 60.8 Å². The zero-order chi connectivity index (χ0) is 20.7. The first-order chi connectivity index (χ1) is 12.7. The standard InChI is InChI=1S/C23H47NO3/c1-6-7-8-9-10-11-12-13-14-15-16-24(18-21(3)26)19-22(27)23(4,5)17-20(2)25/h20-21,25-26H,6-19H2,1-5H3. The fourth-order valence-corrected chi connectivity index (χ4v) is 3.70. The quantitative estimate of drug-likeness (QED) is 0.328. The highest BCUT2D eigenvalue weighted by Gasteiger charge is 2.30. The molecule has 0 aromatic heterocycles. The molecule has 0 amide bonds. The molecule has 0 aromatic rings. The van der Waals surface area contributed by atoms with Gasteiger partial charge in [-0.25, -0.2) is 0 Å². The van der Waals surface area contributed by atoms with Gasteiger partial charge in [0.2, 0.25) is 0 Å². The molecule has 2 atom stereocenters. The molecule has 4 heteroatoms. The minimum atomic E-state index is -0.525. The highest BCUT2D eigenvalue weighted by atomic mass is 16.3. The molecule has 0 aliphatic heterocycles. The first-order valence-corrected chi connectivity index (χ1v) is 11.3. The van der Waals surface area contributed by atoms with Gasteiger partial charge in [0.15, 0.2) is 5.78 Å². The Bertz CT molecular complexity index is 367. The Morgan fingerprint density at radius 1 is 0.852 bits per heavy atom. The molecule has 2 unspecified atom stereocenters. The lowest BCUT2D eigenvalue weighted by atomic mass is 9.82. The summed E-state index contributed by atoms with van der Waals surface area (Å²) in [6, 6.07) is 0. The molecule has 0 heterocycles. The van der Waals surface area contributed by atoms with Gasteiger partial charge in [0.1, 0.15) is 0 Å². The average molecular weight is 386 g/mol. The maximum atomic E-state index is 12.6. The Balaban J connectivity index is 4.09. The third kappa shape index (κ3) is 15.2. The monoisotopic (exact) mass is 385 g/mol. The molecule has 27 heavy (non-hydrogen) atoms. The number of hydrogen-bond donors (Lipinski definition) is 2. The zero-order valence-corrected chi connectivity index (χ0v) is 18.8. The van der Waals surface area contributed by atoms with Crippen molar-refractivity contribution in [1.82, 2.24) is 4.90 Å². The molecule has 0 rings (SSSR count). The van der Waals surface area contributed by atoms with Crippen LogP contribution in [0.4, 0.5) is 0 Å². The van der Waals surface area contributed by atoms with Gasteiger partial charge in [-0.3, -0.25) is 9.69 Å². The van der Waals surface area contributed by atoms with E-state index in [0.717, 1.165) is 13.0 Å². The number of Topliss-reactive ketones (excluding diaryl/α,β-unsaturated/α-hetero) is 1. The van der Waals surface area contributed by atoms with E-state index in [-0.39, 0.29) is 5.78 Å². The summed E-state index contributed by atoms with van der Waals surface area (Å²) in [4.78, 5) is 14.7. The Kier molecular flexibility index (Phi) is 15.2. The maximum absolute atomic E-state index is 12.6. The van der Waals surface area contributed by atoms with Crippen molar-refractivity contribution in [2.75, 3.05) is 19.6 Å². The molecular formula is C23H47NO3. The second-order valence-corrected chi connectivity index (χ2v) is 9.13. The number of aliphatic hydroxyl groups excluding tert-OH is 2. The number of aliphatic hydroxyl groups is 2. The van der Waals surface area contributed by atoms with Crippen molar-refractivity contribution in [2.24, 2.45) is 5.41 Å². The lowest BCUT2D eigenvalue weighted by Crippen LogP contribution is -2.41. The molecule has 0 saturated carbocycles. The van der Waals surface area contributed by atoms with Crippen LogP contribution in [0.2, 0.25) is 0 Å². The van der Waals surface area contributed by atoms with E-state index in [4.69, 9.17) is 0 Å². The van der Waals surface area contributed by atoms with Crippen LogP contribution in [-0.2, 0) is 4.79 Å². The number of unbranched alkanes of at least 4 members (excludes halogenated alkanes) is 9. The molecule has 0 radical (unpaired) electrons. The number of rotatable bonds is 18. The van der Waals surface area contributed by atoms with Crippen LogP contribution in [0.15, 0.2) is 0 Å². The molecule has 0 bridgehead atoms. The Labute approximate surface area is 168 Å². The summed E-state index contributed by atoms with van der Waals surface area (Å²) >= 11 is 0. The molecule has 2 N–H and O–H groups in total. The van der Waals surface area contributed by atoms with Crippen LogP contribution in [0.1, 0.15) is 105 Å². The molecule has 0 saturated heterocycles. The summed E-state index contributed by atoms with van der Waals surface area (Å²) in [6.45, 7) is 11.3. The number of ketones is 1. The van der Waals surface area contributed by atoms with E-state index in [1.807, 2.05) is 13.8 Å². The van der Waals surface area contributed by atoms with Crippen LogP contribution in [0, 0.1) is 5.41 Å². The van der Waals surface area contributed by atoms with E-state index in [2.05, 4.69) is 11.8 Å². The van der Waals surface area contributed by atoms with Gasteiger partial charge in [0.05, 0.1) is 18.8 Å². The predicted molar refractivity (Wildman–Crippen MR) is 115 cm³/mol. The zero-order valence-electron chi connectivity index (χ0n) is 18.8. The van der Waals surface area contributed by atoms with Crippen molar-refractivity contribution in [3.8, 4) is 0 Å². The lowest BCUT2D eigenvalue weighted by molar-refractivity contribution is -0.130. The Morgan fingerprint density at radius 3 is 1.78 bits per heavy atom. The molecular weight excluding hydrogens is 338 g/mol. The van der Waals surface area contributed by atoms with Crippen LogP contribution >= 0.6 is 0 Å². The van der Waals surface area contributed by atoms with Crippen LogP contribution in [0.3, 0.4) is 0 Å². The molecule has 4 nitrogen and oxygen atoms in total. The van der Waals surface area contributed by atoms with Crippen molar-refractivity contribution in [3.63, 3.8) is 0 Å². The van der Waals surface area contributed by atoms with Gasteiger partial charge in [-0.2, -0.15) is 0 Å². The maximum Gasteiger partial charge on any atom is 0.152 e. The minimum Gasteiger partial charge on any atom is -0.393 e. The SMILES string of the molecule is CCCCCCCCCCCCN(CC(=O)C(C)(C)CC(C)O)CC(C)O. The van der Waals surface area contributed by atoms with E-state index < -0.39 is 17.6 Å². The summed E-state index contributed by atoms with van der Waals surface area (Å²) in [5, 5.41) is 19.4. The van der Waals surface area contributed by atoms with E-state index in [9.17, 15) is 15.0 Å². The van der Waals surface area contributed by atoms with Crippen molar-refractivity contribution in [2.45, 2.75) is 117 Å². The summed E-state index contributed by atoms with van der Waals surface area (Å²) in [5.74, 6) is 0.149. The van der Waals surface area contributed by atoms with Gasteiger partial charge < -0.3 is 10.2 Å². The normalized spacial score (nSPS) is 14.5. The van der Waals surface area contributed by atoms with Crippen LogP contribution in [0.5, 0.6) is 0 Å². The summed E-state index contributed by atoms with van der Waals surface area (Å²) < 4.78 is 0. The van der Waals surface area contributed by atoms with Gasteiger partial charge in [-0.1, -0.05) is 78.6 Å². The number of nitrogens with zero attached hydrogens (tertiary/aromatic N) is 1. The largest absolute Gasteiger partial charge is 0.393 e. The number of carbonyl (C=O) groups excluding carboxylic acids is 1. The lowest BCUT2D eigenvalue weighted by Gasteiger charge is -2.29. The second kappa shape index (κ2) is 15.5. The summed E-state index contributed by atoms with van der Waals surface area (Å²) in [6.07, 6.45) is 12.5. The molecule has 162 valence electrons. The third-order valence-electron chi connectivity index (χ3n) is 5.28. The summed E-state index contributed by atoms with van der Waals surface area (Å²) in [5.41, 5.74) is -0.525. The fraction of sp³-hybridized carbons (Fsp3) is 0.957. The Morgan fingerprint density at radius 2 is 1.33 bits per heavy atom. The first-order valence-electron chi connectivity index (χ1n) is 11.3. The van der Waals surface area contributed by atoms with E-state index in [1.165, 1.54) is 57.8 Å². The molecule has 0 spiro atoms. The number of carbonyl (C=O) groups is 1. The van der Waals surface area contributed by atoms with E-state index >= 15 is 0 Å². The third-order valence-corrected chi connectivity index (χ3v) is 5.28. The highest BCUT2D eigenvalue weighted by molar-refractivity contribution is 5.85. The highest BCUT2D eigenvalue weighted by Crippen LogP contribution is 2.24. The minimum absolute atomic E-state index is 0.149. The van der Waals surface area contributed by atoms with Gasteiger partial charge in [0, 0.05) is 12.0 Å². The van der Waals surface area contributed by atoms with Crippen LogP contribution in [-0.4, -0.2) is 52.7 Å². The molecule has 0 fully saturated rings.